The first-order valence-electron chi connectivity index (χ1n) is 7.16. The molecule has 2 aromatic carbocycles. The minimum atomic E-state index is -0.383. The van der Waals surface area contributed by atoms with Crippen molar-refractivity contribution in [3.05, 3.63) is 65.2 Å². The summed E-state index contributed by atoms with van der Waals surface area (Å²) < 4.78 is 0. The van der Waals surface area contributed by atoms with E-state index < -0.39 is 0 Å². The lowest BCUT2D eigenvalue weighted by Crippen LogP contribution is -2.28. The van der Waals surface area contributed by atoms with E-state index in [1.165, 1.54) is 16.8 Å². The van der Waals surface area contributed by atoms with E-state index in [-0.39, 0.29) is 5.91 Å². The molecule has 108 valence electrons. The minimum absolute atomic E-state index is 0.383. The van der Waals surface area contributed by atoms with Crippen molar-refractivity contribution in [3.63, 3.8) is 0 Å². The molecule has 0 aliphatic carbocycles. The summed E-state index contributed by atoms with van der Waals surface area (Å²) in [6.07, 6.45) is 0. The standard InChI is InChI=1S/C17H19N3O/c18-17(21)14-7-5-13(6-8-14)12-20-10-9-19-11-15-3-1-2-4-16(15)20/h1-8,19H,9-12H2,(H2,18,21). The zero-order chi connectivity index (χ0) is 14.7. The Kier molecular flexibility index (Phi) is 3.88. The summed E-state index contributed by atoms with van der Waals surface area (Å²) in [5.74, 6) is -0.383. The van der Waals surface area contributed by atoms with Gasteiger partial charge in [0, 0.05) is 37.4 Å². The normalized spacial score (nSPS) is 14.4. The van der Waals surface area contributed by atoms with Crippen molar-refractivity contribution in [2.75, 3.05) is 18.0 Å². The number of nitrogens with one attached hydrogen (secondary N) is 1. The van der Waals surface area contributed by atoms with E-state index in [0.717, 1.165) is 26.2 Å². The van der Waals surface area contributed by atoms with Crippen LogP contribution in [-0.2, 0) is 13.1 Å². The number of hydrogen-bond donors (Lipinski definition) is 2. The van der Waals surface area contributed by atoms with E-state index in [9.17, 15) is 4.79 Å². The monoisotopic (exact) mass is 281 g/mol. The van der Waals surface area contributed by atoms with Gasteiger partial charge >= 0.3 is 0 Å². The van der Waals surface area contributed by atoms with Gasteiger partial charge in [0.2, 0.25) is 5.91 Å². The van der Waals surface area contributed by atoms with Crippen molar-refractivity contribution < 1.29 is 4.79 Å². The maximum absolute atomic E-state index is 11.1. The van der Waals surface area contributed by atoms with Crippen LogP contribution < -0.4 is 16.0 Å². The number of anilines is 1. The summed E-state index contributed by atoms with van der Waals surface area (Å²) in [7, 11) is 0. The molecule has 3 N–H and O–H groups in total. The van der Waals surface area contributed by atoms with Crippen LogP contribution in [0, 0.1) is 0 Å². The first-order valence-corrected chi connectivity index (χ1v) is 7.16. The fourth-order valence-corrected chi connectivity index (χ4v) is 2.69. The number of hydrogen-bond acceptors (Lipinski definition) is 3. The highest BCUT2D eigenvalue weighted by molar-refractivity contribution is 5.92. The Bertz CT molecular complexity index is 637. The van der Waals surface area contributed by atoms with Gasteiger partial charge in [-0.05, 0) is 29.3 Å². The number of fused-ring (bicyclic) bond motifs is 1. The molecule has 21 heavy (non-hydrogen) atoms. The molecule has 0 aromatic heterocycles. The predicted molar refractivity (Wildman–Crippen MR) is 84.2 cm³/mol. The highest BCUT2D eigenvalue weighted by Gasteiger charge is 2.14. The Morgan fingerprint density at radius 2 is 1.90 bits per heavy atom. The van der Waals surface area contributed by atoms with Gasteiger partial charge in [-0.1, -0.05) is 30.3 Å². The van der Waals surface area contributed by atoms with Crippen LogP contribution in [0.15, 0.2) is 48.5 Å². The summed E-state index contributed by atoms with van der Waals surface area (Å²) in [4.78, 5) is 13.5. The SMILES string of the molecule is NC(=O)c1ccc(CN2CCNCc3ccccc32)cc1. The van der Waals surface area contributed by atoms with Crippen LogP contribution in [0.2, 0.25) is 0 Å². The molecule has 0 bridgehead atoms. The van der Waals surface area contributed by atoms with E-state index in [1.54, 1.807) is 12.1 Å². The van der Waals surface area contributed by atoms with Crippen LogP contribution in [-0.4, -0.2) is 19.0 Å². The van der Waals surface area contributed by atoms with Crippen LogP contribution >= 0.6 is 0 Å². The smallest absolute Gasteiger partial charge is 0.248 e. The second-order valence-corrected chi connectivity index (χ2v) is 5.29. The second-order valence-electron chi connectivity index (χ2n) is 5.29. The molecule has 1 heterocycles. The lowest BCUT2D eigenvalue weighted by atomic mass is 10.1. The number of carbonyl (C=O) groups excluding carboxylic acids is 1. The third kappa shape index (κ3) is 3.06. The molecule has 3 rings (SSSR count). The number of para-hydroxylation sites is 1. The zero-order valence-electron chi connectivity index (χ0n) is 11.9. The van der Waals surface area contributed by atoms with E-state index in [1.807, 2.05) is 12.1 Å². The molecule has 0 radical (unpaired) electrons. The number of primary amides is 1. The molecule has 4 heteroatoms. The first-order chi connectivity index (χ1) is 10.2. The topological polar surface area (TPSA) is 58.4 Å². The molecule has 0 fully saturated rings. The number of benzene rings is 2. The van der Waals surface area contributed by atoms with E-state index in [4.69, 9.17) is 5.73 Å². The fraction of sp³-hybridized carbons (Fsp3) is 0.235. The quantitative estimate of drug-likeness (QED) is 0.903. The fourth-order valence-electron chi connectivity index (χ4n) is 2.69. The molecule has 0 saturated heterocycles. The molecule has 0 atom stereocenters. The molecule has 1 aliphatic rings. The van der Waals surface area contributed by atoms with Gasteiger partial charge in [0.1, 0.15) is 0 Å². The van der Waals surface area contributed by atoms with E-state index >= 15 is 0 Å². The number of nitrogens with zero attached hydrogens (tertiary/aromatic N) is 1. The van der Waals surface area contributed by atoms with Gasteiger partial charge in [-0.15, -0.1) is 0 Å². The third-order valence-electron chi connectivity index (χ3n) is 3.82. The minimum Gasteiger partial charge on any atom is -0.366 e. The van der Waals surface area contributed by atoms with Crippen molar-refractivity contribution in [1.82, 2.24) is 5.32 Å². The summed E-state index contributed by atoms with van der Waals surface area (Å²) in [5, 5.41) is 3.44. The van der Waals surface area contributed by atoms with Crippen molar-refractivity contribution in [1.29, 1.82) is 0 Å². The van der Waals surface area contributed by atoms with Crippen LogP contribution in [0.25, 0.3) is 0 Å². The van der Waals surface area contributed by atoms with E-state index in [0.29, 0.717) is 5.56 Å². The first kappa shape index (κ1) is 13.6. The van der Waals surface area contributed by atoms with Crippen molar-refractivity contribution in [2.45, 2.75) is 13.1 Å². The van der Waals surface area contributed by atoms with Crippen LogP contribution in [0.3, 0.4) is 0 Å². The van der Waals surface area contributed by atoms with Crippen LogP contribution in [0.1, 0.15) is 21.5 Å². The average molecular weight is 281 g/mol. The van der Waals surface area contributed by atoms with Gasteiger partial charge in [-0.3, -0.25) is 4.79 Å². The molecule has 1 amide bonds. The molecule has 0 saturated carbocycles. The maximum atomic E-state index is 11.1. The summed E-state index contributed by atoms with van der Waals surface area (Å²) >= 11 is 0. The Morgan fingerprint density at radius 1 is 1.14 bits per heavy atom. The Balaban J connectivity index is 1.82. The number of carbonyl (C=O) groups is 1. The Labute approximate surface area is 124 Å². The van der Waals surface area contributed by atoms with Crippen molar-refractivity contribution in [3.8, 4) is 0 Å². The summed E-state index contributed by atoms with van der Waals surface area (Å²) in [6, 6.07) is 16.0. The number of nitrogens with two attached hydrogens (primary N) is 1. The zero-order valence-corrected chi connectivity index (χ0v) is 11.9. The van der Waals surface area contributed by atoms with Crippen LogP contribution in [0.5, 0.6) is 0 Å². The number of amides is 1. The van der Waals surface area contributed by atoms with Gasteiger partial charge in [-0.25, -0.2) is 0 Å². The molecular formula is C17H19N3O. The van der Waals surface area contributed by atoms with Crippen LogP contribution in [0.4, 0.5) is 5.69 Å². The lowest BCUT2D eigenvalue weighted by molar-refractivity contribution is 0.100. The van der Waals surface area contributed by atoms with Gasteiger partial charge in [0.25, 0.3) is 0 Å². The highest BCUT2D eigenvalue weighted by atomic mass is 16.1. The molecule has 0 spiro atoms. The average Bonchev–Trinajstić information content (AvgIpc) is 2.71. The molecule has 1 aliphatic heterocycles. The van der Waals surface area contributed by atoms with Gasteiger partial charge in [0.05, 0.1) is 0 Å². The summed E-state index contributed by atoms with van der Waals surface area (Å²) in [5.41, 5.74) is 9.61. The molecule has 0 unspecified atom stereocenters. The molecular weight excluding hydrogens is 262 g/mol. The second kappa shape index (κ2) is 5.97. The predicted octanol–water partition coefficient (Wildman–Crippen LogP) is 1.90. The van der Waals surface area contributed by atoms with Gasteiger partial charge in [-0.2, -0.15) is 0 Å². The van der Waals surface area contributed by atoms with E-state index in [2.05, 4.69) is 34.5 Å². The Hall–Kier alpha value is -2.33. The molecule has 4 nitrogen and oxygen atoms in total. The Morgan fingerprint density at radius 3 is 2.67 bits per heavy atom. The van der Waals surface area contributed by atoms with Crippen molar-refractivity contribution in [2.24, 2.45) is 5.73 Å². The third-order valence-corrected chi connectivity index (χ3v) is 3.82. The van der Waals surface area contributed by atoms with Gasteiger partial charge < -0.3 is 16.0 Å². The summed E-state index contributed by atoms with van der Waals surface area (Å²) in [6.45, 7) is 3.67. The highest BCUT2D eigenvalue weighted by Crippen LogP contribution is 2.23. The van der Waals surface area contributed by atoms with Crippen molar-refractivity contribution >= 4 is 11.6 Å². The largest absolute Gasteiger partial charge is 0.366 e. The molecule has 2 aromatic rings. The maximum Gasteiger partial charge on any atom is 0.248 e. The van der Waals surface area contributed by atoms with Gasteiger partial charge in [0.15, 0.2) is 0 Å². The lowest BCUT2D eigenvalue weighted by Gasteiger charge is -2.24. The number of rotatable bonds is 3.